The Labute approximate surface area is 93.5 Å². The largest absolute Gasteiger partial charge is 0.396 e. The van der Waals surface area contributed by atoms with E-state index in [1.165, 1.54) is 0 Å². The topological polar surface area (TPSA) is 63.9 Å². The molecule has 0 heterocycles. The summed E-state index contributed by atoms with van der Waals surface area (Å²) in [5.41, 5.74) is 0. The maximum absolute atomic E-state index is 9.02. The molecule has 4 nitrogen and oxygen atoms in total. The van der Waals surface area contributed by atoms with Crippen molar-refractivity contribution in [1.29, 1.82) is 0 Å². The summed E-state index contributed by atoms with van der Waals surface area (Å²) in [6.07, 6.45) is 3.25. The lowest BCUT2D eigenvalue weighted by molar-refractivity contribution is 0.123. The molecule has 0 spiro atoms. The standard InChI is InChI=1S/C7H16O2.C4H11NO/c1-2-3-4-7(9)5-6-8;1-5(2)3-4-6/h7-9H,2-6H2,1H3;6H,3-4H2,1-2H3. The van der Waals surface area contributed by atoms with Crippen molar-refractivity contribution in [2.75, 3.05) is 33.9 Å². The Hall–Kier alpha value is -0.160. The second-order valence-corrected chi connectivity index (χ2v) is 3.84. The van der Waals surface area contributed by atoms with Crippen molar-refractivity contribution in [3.8, 4) is 0 Å². The Morgan fingerprint density at radius 1 is 1.07 bits per heavy atom. The van der Waals surface area contributed by atoms with Crippen molar-refractivity contribution in [3.05, 3.63) is 0 Å². The molecule has 0 fully saturated rings. The Bertz CT molecular complexity index is 110. The van der Waals surface area contributed by atoms with Gasteiger partial charge >= 0.3 is 0 Å². The van der Waals surface area contributed by atoms with E-state index in [0.29, 0.717) is 6.42 Å². The highest BCUT2D eigenvalue weighted by Crippen LogP contribution is 2.02. The average molecular weight is 221 g/mol. The zero-order chi connectivity index (χ0) is 12.1. The third-order valence-electron chi connectivity index (χ3n) is 1.90. The number of aliphatic hydroxyl groups excluding tert-OH is 3. The predicted molar refractivity (Wildman–Crippen MR) is 62.9 cm³/mol. The van der Waals surface area contributed by atoms with Crippen LogP contribution in [-0.2, 0) is 0 Å². The summed E-state index contributed by atoms with van der Waals surface area (Å²) in [7, 11) is 3.85. The van der Waals surface area contributed by atoms with E-state index in [4.69, 9.17) is 15.3 Å². The number of unbranched alkanes of at least 4 members (excludes halogenated alkanes) is 1. The lowest BCUT2D eigenvalue weighted by Crippen LogP contribution is -2.15. The fraction of sp³-hybridized carbons (Fsp3) is 1.00. The van der Waals surface area contributed by atoms with Crippen molar-refractivity contribution in [2.24, 2.45) is 0 Å². The van der Waals surface area contributed by atoms with Gasteiger partial charge in [0.1, 0.15) is 0 Å². The summed E-state index contributed by atoms with van der Waals surface area (Å²) >= 11 is 0. The Kier molecular flexibility index (Phi) is 15.9. The van der Waals surface area contributed by atoms with Crippen LogP contribution in [0.15, 0.2) is 0 Å². The molecule has 0 aromatic heterocycles. The predicted octanol–water partition coefficient (Wildman–Crippen LogP) is 0.460. The van der Waals surface area contributed by atoms with Gasteiger partial charge in [-0.05, 0) is 26.9 Å². The van der Waals surface area contributed by atoms with Gasteiger partial charge in [-0.3, -0.25) is 0 Å². The molecule has 15 heavy (non-hydrogen) atoms. The summed E-state index contributed by atoms with van der Waals surface area (Å²) < 4.78 is 0. The van der Waals surface area contributed by atoms with Gasteiger partial charge in [0.2, 0.25) is 0 Å². The molecule has 0 aromatic rings. The lowest BCUT2D eigenvalue weighted by atomic mass is 10.1. The van der Waals surface area contributed by atoms with Gasteiger partial charge in [-0.25, -0.2) is 0 Å². The molecule has 0 aliphatic carbocycles. The van der Waals surface area contributed by atoms with Crippen molar-refractivity contribution in [3.63, 3.8) is 0 Å². The van der Waals surface area contributed by atoms with E-state index in [-0.39, 0.29) is 19.3 Å². The molecule has 0 amide bonds. The molecular formula is C11H27NO3. The quantitative estimate of drug-likeness (QED) is 0.584. The van der Waals surface area contributed by atoms with Crippen molar-refractivity contribution < 1.29 is 15.3 Å². The summed E-state index contributed by atoms with van der Waals surface area (Å²) in [6, 6.07) is 0. The fourth-order valence-corrected chi connectivity index (χ4v) is 0.933. The molecule has 4 heteroatoms. The van der Waals surface area contributed by atoms with Crippen LogP contribution in [0, 0.1) is 0 Å². The molecule has 0 aromatic carbocycles. The van der Waals surface area contributed by atoms with Crippen LogP contribution in [0.25, 0.3) is 0 Å². The lowest BCUT2D eigenvalue weighted by Gasteiger charge is -2.05. The first-order valence-corrected chi connectivity index (χ1v) is 5.62. The second-order valence-electron chi connectivity index (χ2n) is 3.84. The van der Waals surface area contributed by atoms with Crippen LogP contribution in [0.2, 0.25) is 0 Å². The van der Waals surface area contributed by atoms with Crippen LogP contribution in [0.5, 0.6) is 0 Å². The highest BCUT2D eigenvalue weighted by atomic mass is 16.3. The molecule has 1 unspecified atom stereocenters. The zero-order valence-corrected chi connectivity index (χ0v) is 10.3. The SMILES string of the molecule is CCCCC(O)CCO.CN(C)CCO. The molecule has 0 bridgehead atoms. The zero-order valence-electron chi connectivity index (χ0n) is 10.3. The van der Waals surface area contributed by atoms with Crippen molar-refractivity contribution in [1.82, 2.24) is 4.90 Å². The summed E-state index contributed by atoms with van der Waals surface area (Å²) in [4.78, 5) is 1.93. The van der Waals surface area contributed by atoms with E-state index in [9.17, 15) is 0 Å². The molecule has 0 aliphatic heterocycles. The molecule has 0 rings (SSSR count). The number of likely N-dealkylation sites (N-methyl/N-ethyl adjacent to an activating group) is 1. The number of rotatable bonds is 7. The normalized spacial score (nSPS) is 12.2. The molecule has 0 aliphatic rings. The van der Waals surface area contributed by atoms with E-state index in [1.54, 1.807) is 0 Å². The fourth-order valence-electron chi connectivity index (χ4n) is 0.933. The van der Waals surface area contributed by atoms with Crippen LogP contribution in [0.1, 0.15) is 32.6 Å². The summed E-state index contributed by atoms with van der Waals surface area (Å²) in [6.45, 7) is 3.21. The van der Waals surface area contributed by atoms with Crippen LogP contribution in [-0.4, -0.2) is 60.2 Å². The minimum atomic E-state index is -0.282. The molecule has 3 N–H and O–H groups in total. The first-order chi connectivity index (χ1) is 7.08. The van der Waals surface area contributed by atoms with Gasteiger partial charge in [-0.2, -0.15) is 0 Å². The monoisotopic (exact) mass is 221 g/mol. The average Bonchev–Trinajstić information content (AvgIpc) is 2.16. The van der Waals surface area contributed by atoms with E-state index < -0.39 is 0 Å². The molecule has 0 saturated heterocycles. The van der Waals surface area contributed by atoms with Gasteiger partial charge in [0.05, 0.1) is 12.7 Å². The van der Waals surface area contributed by atoms with Crippen LogP contribution in [0.3, 0.4) is 0 Å². The van der Waals surface area contributed by atoms with Gasteiger partial charge in [-0.1, -0.05) is 19.8 Å². The summed E-state index contributed by atoms with van der Waals surface area (Å²) in [5.74, 6) is 0. The number of nitrogens with zero attached hydrogens (tertiary/aromatic N) is 1. The number of hydrogen-bond donors (Lipinski definition) is 3. The molecule has 0 radical (unpaired) electrons. The summed E-state index contributed by atoms with van der Waals surface area (Å²) in [5, 5.41) is 25.6. The smallest absolute Gasteiger partial charge is 0.0562 e. The van der Waals surface area contributed by atoms with Gasteiger partial charge < -0.3 is 20.2 Å². The molecular weight excluding hydrogens is 194 g/mol. The Morgan fingerprint density at radius 3 is 1.93 bits per heavy atom. The second kappa shape index (κ2) is 13.8. The van der Waals surface area contributed by atoms with Crippen LogP contribution < -0.4 is 0 Å². The Morgan fingerprint density at radius 2 is 1.67 bits per heavy atom. The highest BCUT2D eigenvalue weighted by Gasteiger charge is 1.99. The number of aliphatic hydroxyl groups is 3. The Balaban J connectivity index is 0. The minimum Gasteiger partial charge on any atom is -0.396 e. The number of hydrogen-bond acceptors (Lipinski definition) is 4. The third-order valence-corrected chi connectivity index (χ3v) is 1.90. The van der Waals surface area contributed by atoms with Gasteiger partial charge in [0.15, 0.2) is 0 Å². The van der Waals surface area contributed by atoms with Crippen LogP contribution >= 0.6 is 0 Å². The first kappa shape index (κ1) is 17.2. The van der Waals surface area contributed by atoms with Crippen LogP contribution in [0.4, 0.5) is 0 Å². The highest BCUT2D eigenvalue weighted by molar-refractivity contribution is 4.53. The van der Waals surface area contributed by atoms with E-state index >= 15 is 0 Å². The third kappa shape index (κ3) is 20.0. The molecule has 0 saturated carbocycles. The van der Waals surface area contributed by atoms with E-state index in [2.05, 4.69) is 6.92 Å². The maximum atomic E-state index is 9.02. The van der Waals surface area contributed by atoms with Gasteiger partial charge in [0, 0.05) is 13.2 Å². The van der Waals surface area contributed by atoms with E-state index in [0.717, 1.165) is 25.8 Å². The van der Waals surface area contributed by atoms with Crippen molar-refractivity contribution >= 4 is 0 Å². The first-order valence-electron chi connectivity index (χ1n) is 5.62. The van der Waals surface area contributed by atoms with Gasteiger partial charge in [0.25, 0.3) is 0 Å². The molecule has 94 valence electrons. The maximum Gasteiger partial charge on any atom is 0.0562 e. The minimum absolute atomic E-state index is 0.102. The molecule has 1 atom stereocenters. The van der Waals surface area contributed by atoms with Crippen molar-refractivity contribution in [2.45, 2.75) is 38.7 Å². The van der Waals surface area contributed by atoms with E-state index in [1.807, 2.05) is 19.0 Å². The van der Waals surface area contributed by atoms with Gasteiger partial charge in [-0.15, -0.1) is 0 Å².